The molecule has 3 N–H and O–H groups in total. The van der Waals surface area contributed by atoms with Gasteiger partial charge in [-0.25, -0.2) is 4.79 Å². The van der Waals surface area contributed by atoms with Crippen molar-refractivity contribution < 1.29 is 42.5 Å². The van der Waals surface area contributed by atoms with Gasteiger partial charge in [0.1, 0.15) is 0 Å². The summed E-state index contributed by atoms with van der Waals surface area (Å²) in [5, 5.41) is 24.2. The van der Waals surface area contributed by atoms with E-state index in [9.17, 15) is 4.79 Å². The molecule has 11 heavy (non-hydrogen) atoms. The predicted molar refractivity (Wildman–Crippen MR) is 40.6 cm³/mol. The van der Waals surface area contributed by atoms with Gasteiger partial charge in [-0.1, -0.05) is 0 Å². The maximum atomic E-state index is 9.81. The third-order valence-corrected chi connectivity index (χ3v) is 0.820. The molecule has 0 aromatic rings. The zero-order chi connectivity index (χ0) is 7.44. The summed E-state index contributed by atoms with van der Waals surface area (Å²) in [6, 6.07) is 0. The van der Waals surface area contributed by atoms with Crippen LogP contribution in [0.5, 0.6) is 0 Å². The van der Waals surface area contributed by atoms with Crippen molar-refractivity contribution in [1.82, 2.24) is 0 Å². The van der Waals surface area contributed by atoms with Crippen molar-refractivity contribution in [1.29, 1.82) is 0 Å². The molecule has 4 nitrogen and oxygen atoms in total. The molecule has 0 bridgehead atoms. The molecule has 0 aromatic carbocycles. The third-order valence-electron chi connectivity index (χ3n) is 0.653. The van der Waals surface area contributed by atoms with E-state index in [1.807, 2.05) is 0 Å². The number of aliphatic hydroxyl groups excluding tert-OH is 2. The van der Waals surface area contributed by atoms with Gasteiger partial charge in [0.05, 0.1) is 6.42 Å². The van der Waals surface area contributed by atoms with E-state index in [-0.39, 0.29) is 58.4 Å². The van der Waals surface area contributed by atoms with Gasteiger partial charge < -0.3 is 15.3 Å². The molecule has 0 saturated carbocycles. The van der Waals surface area contributed by atoms with Gasteiger partial charge in [-0.2, -0.15) is 0 Å². The molecule has 65 valence electrons. The van der Waals surface area contributed by atoms with Crippen LogP contribution in [0.15, 0.2) is 0 Å². The fourth-order valence-electron chi connectivity index (χ4n) is 0.253. The van der Waals surface area contributed by atoms with E-state index in [0.29, 0.717) is 0 Å². The molecular formula is C4H7AuNaO4S. The molecule has 1 unspecified atom stereocenters. The van der Waals surface area contributed by atoms with Crippen LogP contribution in [0.4, 0.5) is 0 Å². The molecule has 0 aromatic heterocycles. The fraction of sp³-hybridized carbons (Fsp3) is 0.500. The van der Waals surface area contributed by atoms with E-state index in [0.717, 1.165) is 0 Å². The van der Waals surface area contributed by atoms with E-state index in [2.05, 4.69) is 12.2 Å². The summed E-state index contributed by atoms with van der Waals surface area (Å²) in [7, 11) is 0. The molecule has 0 saturated heterocycles. The Morgan fingerprint density at radius 2 is 1.82 bits per heavy atom. The molecular weight excluding hydrogens is 364 g/mol. The van der Waals surface area contributed by atoms with Gasteiger partial charge in [0.25, 0.3) is 0 Å². The number of thiocarbonyl (C=S) groups is 1. The number of carboxylic acids is 1. The van der Waals surface area contributed by atoms with Gasteiger partial charge >= 0.3 is 35.5 Å². The molecule has 0 rings (SSSR count). The quantitative estimate of drug-likeness (QED) is 0.441. The van der Waals surface area contributed by atoms with Crippen LogP contribution < -0.4 is 0 Å². The van der Waals surface area contributed by atoms with Gasteiger partial charge in [0.15, 0.2) is 11.2 Å². The van der Waals surface area contributed by atoms with Crippen LogP contribution >= 0.6 is 12.2 Å². The third kappa shape index (κ3) is 11.1. The Kier molecular flexibility index (Phi) is 15.0. The first-order valence-corrected chi connectivity index (χ1v) is 2.57. The van der Waals surface area contributed by atoms with Gasteiger partial charge in [-0.05, 0) is 12.2 Å². The minimum absolute atomic E-state index is 0. The number of carboxylic acid groups (broad SMARTS) is 1. The SMILES string of the molecule is O=C(O)C(O)CC(O)=S.[Au].[NaH]. The molecule has 0 heterocycles. The molecule has 0 amide bonds. The first-order chi connectivity index (χ1) is 4.04. The van der Waals surface area contributed by atoms with E-state index in [1.165, 1.54) is 0 Å². The Morgan fingerprint density at radius 3 is 1.91 bits per heavy atom. The Bertz CT molecular complexity index is 142. The average molecular weight is 371 g/mol. The van der Waals surface area contributed by atoms with Crippen LogP contribution in [0.25, 0.3) is 0 Å². The van der Waals surface area contributed by atoms with Crippen LogP contribution in [-0.4, -0.2) is 62.0 Å². The normalized spacial score (nSPS) is 10.3. The Hall–Kier alpha value is 1.06. The number of hydrogen-bond donors (Lipinski definition) is 3. The summed E-state index contributed by atoms with van der Waals surface area (Å²) in [6.07, 6.45) is -1.97. The summed E-state index contributed by atoms with van der Waals surface area (Å²) in [6.45, 7) is 0. The number of aliphatic carboxylic acids is 1. The molecule has 1 radical (unpaired) electrons. The Labute approximate surface area is 107 Å². The summed E-state index contributed by atoms with van der Waals surface area (Å²) in [5.74, 6) is -1.38. The molecule has 0 fully saturated rings. The van der Waals surface area contributed by atoms with Crippen molar-refractivity contribution in [2.24, 2.45) is 0 Å². The van der Waals surface area contributed by atoms with Gasteiger partial charge in [0.2, 0.25) is 0 Å². The second-order valence-electron chi connectivity index (χ2n) is 1.45. The van der Waals surface area contributed by atoms with E-state index in [1.54, 1.807) is 0 Å². The van der Waals surface area contributed by atoms with Gasteiger partial charge in [-0.15, -0.1) is 0 Å². The second kappa shape index (κ2) is 9.15. The van der Waals surface area contributed by atoms with E-state index in [4.69, 9.17) is 15.3 Å². The van der Waals surface area contributed by atoms with Crippen molar-refractivity contribution in [3.8, 4) is 0 Å². The minimum atomic E-state index is -1.58. The van der Waals surface area contributed by atoms with Gasteiger partial charge in [-0.3, -0.25) is 0 Å². The topological polar surface area (TPSA) is 77.8 Å². The summed E-state index contributed by atoms with van der Waals surface area (Å²) >= 11 is 4.12. The predicted octanol–water partition coefficient (Wildman–Crippen LogP) is -0.944. The van der Waals surface area contributed by atoms with Crippen molar-refractivity contribution in [2.45, 2.75) is 12.5 Å². The molecule has 0 aliphatic carbocycles. The van der Waals surface area contributed by atoms with Crippen molar-refractivity contribution in [3.63, 3.8) is 0 Å². The van der Waals surface area contributed by atoms with Crippen molar-refractivity contribution >= 4 is 52.8 Å². The van der Waals surface area contributed by atoms with Gasteiger partial charge in [0, 0.05) is 22.4 Å². The Morgan fingerprint density at radius 1 is 1.45 bits per heavy atom. The molecule has 1 atom stereocenters. The standard InChI is InChI=1S/C4H6O4S.Au.Na.H/c5-2(4(7)8)1-3(6)9;;;/h2,5H,1H2,(H,6,9)(H,7,8);;;. The van der Waals surface area contributed by atoms with Crippen LogP contribution in [0.3, 0.4) is 0 Å². The molecule has 0 spiro atoms. The monoisotopic (exact) mass is 371 g/mol. The van der Waals surface area contributed by atoms with E-state index >= 15 is 0 Å². The number of hydrogen-bond acceptors (Lipinski definition) is 3. The molecule has 7 heteroatoms. The summed E-state index contributed by atoms with van der Waals surface area (Å²) < 4.78 is 0. The average Bonchev–Trinajstić information content (AvgIpc) is 1.63. The van der Waals surface area contributed by atoms with Crippen LogP contribution in [-0.2, 0) is 27.2 Å². The van der Waals surface area contributed by atoms with Crippen molar-refractivity contribution in [2.75, 3.05) is 0 Å². The van der Waals surface area contributed by atoms with E-state index < -0.39 is 17.1 Å². The maximum absolute atomic E-state index is 9.81. The molecule has 0 aliphatic heterocycles. The second-order valence-corrected chi connectivity index (χ2v) is 1.92. The van der Waals surface area contributed by atoms with Crippen LogP contribution in [0.2, 0.25) is 0 Å². The fourth-order valence-corrected chi connectivity index (χ4v) is 0.411. The first-order valence-electron chi connectivity index (χ1n) is 2.16. The summed E-state index contributed by atoms with van der Waals surface area (Å²) in [5.41, 5.74) is 0. The molecule has 0 aliphatic rings. The Balaban J connectivity index is -0.000000320. The summed E-state index contributed by atoms with van der Waals surface area (Å²) in [4.78, 5) is 9.81. The first kappa shape index (κ1) is 18.0. The van der Waals surface area contributed by atoms with Crippen molar-refractivity contribution in [3.05, 3.63) is 0 Å². The van der Waals surface area contributed by atoms with Crippen LogP contribution in [0, 0.1) is 0 Å². The zero-order valence-corrected chi connectivity index (χ0v) is 7.73. The zero-order valence-electron chi connectivity index (χ0n) is 4.74. The van der Waals surface area contributed by atoms with Crippen LogP contribution in [0.1, 0.15) is 6.42 Å². The number of carbonyl (C=O) groups is 1. The number of aliphatic hydroxyl groups is 2. The number of rotatable bonds is 3.